The number of aliphatic carboxylic acids is 1. The molecule has 102 valence electrons. The van der Waals surface area contributed by atoms with Gasteiger partial charge >= 0.3 is 5.97 Å². The Morgan fingerprint density at radius 3 is 2.89 bits per heavy atom. The molecule has 2 rings (SSSR count). The van der Waals surface area contributed by atoms with Gasteiger partial charge in [0.15, 0.2) is 0 Å². The zero-order valence-electron chi connectivity index (χ0n) is 10.2. The fourth-order valence-corrected chi connectivity index (χ4v) is 3.38. The van der Waals surface area contributed by atoms with Crippen LogP contribution in [0.2, 0.25) is 0 Å². The van der Waals surface area contributed by atoms with E-state index in [2.05, 4.69) is 15.9 Å². The molecule has 1 saturated heterocycles. The third-order valence-corrected chi connectivity index (χ3v) is 4.66. The van der Waals surface area contributed by atoms with Crippen LogP contribution in [0.1, 0.15) is 17.7 Å². The Bertz CT molecular complexity index is 512. The van der Waals surface area contributed by atoms with Crippen molar-refractivity contribution in [2.75, 3.05) is 13.1 Å². The van der Waals surface area contributed by atoms with Gasteiger partial charge in [0.2, 0.25) is 5.91 Å². The van der Waals surface area contributed by atoms with Crippen LogP contribution in [0.25, 0.3) is 6.08 Å². The van der Waals surface area contributed by atoms with Gasteiger partial charge in [-0.05, 0) is 47.0 Å². The summed E-state index contributed by atoms with van der Waals surface area (Å²) in [6.07, 6.45) is 4.69. The highest BCUT2D eigenvalue weighted by molar-refractivity contribution is 9.11. The molecule has 0 spiro atoms. The smallest absolute Gasteiger partial charge is 0.308 e. The summed E-state index contributed by atoms with van der Waals surface area (Å²) in [5.74, 6) is -1.36. The fraction of sp³-hybridized carbons (Fsp3) is 0.385. The van der Waals surface area contributed by atoms with E-state index in [0.29, 0.717) is 19.5 Å². The Hall–Kier alpha value is -1.14. The summed E-state index contributed by atoms with van der Waals surface area (Å²) in [6, 6.07) is 3.85. The monoisotopic (exact) mass is 343 g/mol. The predicted molar refractivity (Wildman–Crippen MR) is 78.0 cm³/mol. The summed E-state index contributed by atoms with van der Waals surface area (Å²) >= 11 is 4.91. The van der Waals surface area contributed by atoms with E-state index in [1.165, 1.54) is 6.08 Å². The minimum atomic E-state index is -0.816. The standard InChI is InChI=1S/C13H14BrNO3S/c14-11-5-3-10(19-11)4-6-12(16)15-7-1-2-9(8-15)13(17)18/h3-6,9H,1-2,7-8H2,(H,17,18)/b6-4+/t9-/m0/s1. The van der Waals surface area contributed by atoms with Crippen molar-refractivity contribution >= 4 is 45.2 Å². The van der Waals surface area contributed by atoms with E-state index < -0.39 is 11.9 Å². The molecule has 1 aromatic rings. The first-order chi connectivity index (χ1) is 9.06. The van der Waals surface area contributed by atoms with Crippen molar-refractivity contribution in [3.05, 3.63) is 26.9 Å². The van der Waals surface area contributed by atoms with Gasteiger partial charge in [-0.3, -0.25) is 9.59 Å². The van der Waals surface area contributed by atoms with Gasteiger partial charge < -0.3 is 10.0 Å². The number of amides is 1. The second-order valence-corrected chi connectivity index (χ2v) is 6.93. The third-order valence-electron chi connectivity index (χ3n) is 3.07. The molecule has 0 unspecified atom stereocenters. The summed E-state index contributed by atoms with van der Waals surface area (Å²) in [5, 5.41) is 8.99. The van der Waals surface area contributed by atoms with Crippen molar-refractivity contribution < 1.29 is 14.7 Å². The number of carbonyl (C=O) groups excluding carboxylic acids is 1. The summed E-state index contributed by atoms with van der Waals surface area (Å²) in [4.78, 5) is 25.5. The molecule has 1 amide bonds. The van der Waals surface area contributed by atoms with Crippen LogP contribution in [0.5, 0.6) is 0 Å². The first-order valence-electron chi connectivity index (χ1n) is 6.01. The maximum absolute atomic E-state index is 12.0. The average molecular weight is 344 g/mol. The minimum absolute atomic E-state index is 0.115. The maximum atomic E-state index is 12.0. The maximum Gasteiger partial charge on any atom is 0.308 e. The van der Waals surface area contributed by atoms with Crippen LogP contribution < -0.4 is 0 Å². The Morgan fingerprint density at radius 1 is 1.47 bits per heavy atom. The van der Waals surface area contributed by atoms with E-state index in [0.717, 1.165) is 15.1 Å². The molecule has 4 nitrogen and oxygen atoms in total. The lowest BCUT2D eigenvalue weighted by Gasteiger charge is -2.29. The molecular weight excluding hydrogens is 330 g/mol. The number of carbonyl (C=O) groups is 2. The van der Waals surface area contributed by atoms with Crippen molar-refractivity contribution in [3.63, 3.8) is 0 Å². The number of halogens is 1. The number of carboxylic acids is 1. The molecule has 19 heavy (non-hydrogen) atoms. The first-order valence-corrected chi connectivity index (χ1v) is 7.62. The van der Waals surface area contributed by atoms with Crippen molar-refractivity contribution in [3.8, 4) is 0 Å². The highest BCUT2D eigenvalue weighted by Crippen LogP contribution is 2.23. The molecule has 1 atom stereocenters. The van der Waals surface area contributed by atoms with Crippen LogP contribution in [0.15, 0.2) is 22.0 Å². The van der Waals surface area contributed by atoms with E-state index in [4.69, 9.17) is 5.11 Å². The number of rotatable bonds is 3. The molecule has 0 radical (unpaired) electrons. The number of thiophene rings is 1. The van der Waals surface area contributed by atoms with Crippen molar-refractivity contribution in [1.29, 1.82) is 0 Å². The molecule has 1 aliphatic rings. The zero-order chi connectivity index (χ0) is 13.8. The Balaban J connectivity index is 1.96. The van der Waals surface area contributed by atoms with Crippen LogP contribution in [0.4, 0.5) is 0 Å². The average Bonchev–Trinajstić information content (AvgIpc) is 2.82. The van der Waals surface area contributed by atoms with Gasteiger partial charge in [-0.15, -0.1) is 11.3 Å². The normalized spacial score (nSPS) is 19.8. The molecule has 1 fully saturated rings. The first kappa shape index (κ1) is 14.3. The number of hydrogen-bond donors (Lipinski definition) is 1. The van der Waals surface area contributed by atoms with Crippen LogP contribution in [0.3, 0.4) is 0 Å². The lowest BCUT2D eigenvalue weighted by molar-refractivity contribution is -0.144. The Morgan fingerprint density at radius 2 is 2.26 bits per heavy atom. The second-order valence-electron chi connectivity index (χ2n) is 4.44. The number of nitrogens with zero attached hydrogens (tertiary/aromatic N) is 1. The van der Waals surface area contributed by atoms with Gasteiger partial charge in [-0.2, -0.15) is 0 Å². The number of likely N-dealkylation sites (tertiary alicyclic amines) is 1. The molecule has 0 bridgehead atoms. The summed E-state index contributed by atoms with van der Waals surface area (Å²) in [7, 11) is 0. The Kier molecular flexibility index (Phi) is 4.76. The fourth-order valence-electron chi connectivity index (χ4n) is 2.06. The molecule has 0 aromatic carbocycles. The Labute approximate surface area is 123 Å². The highest BCUT2D eigenvalue weighted by atomic mass is 79.9. The van der Waals surface area contributed by atoms with Crippen LogP contribution in [-0.2, 0) is 9.59 Å². The molecule has 1 aromatic heterocycles. The van der Waals surface area contributed by atoms with Gasteiger partial charge in [0, 0.05) is 24.0 Å². The van der Waals surface area contributed by atoms with Gasteiger partial charge in [0.1, 0.15) is 0 Å². The zero-order valence-corrected chi connectivity index (χ0v) is 12.6. The summed E-state index contributed by atoms with van der Waals surface area (Å²) in [5.41, 5.74) is 0. The molecule has 1 N–H and O–H groups in total. The van der Waals surface area contributed by atoms with Gasteiger partial charge in [-0.1, -0.05) is 0 Å². The van der Waals surface area contributed by atoms with Crippen molar-refractivity contribution in [2.45, 2.75) is 12.8 Å². The van der Waals surface area contributed by atoms with Crippen LogP contribution >= 0.6 is 27.3 Å². The largest absolute Gasteiger partial charge is 0.481 e. The number of carboxylic acid groups (broad SMARTS) is 1. The van der Waals surface area contributed by atoms with E-state index in [9.17, 15) is 9.59 Å². The van der Waals surface area contributed by atoms with E-state index in [1.54, 1.807) is 22.3 Å². The van der Waals surface area contributed by atoms with Crippen LogP contribution in [-0.4, -0.2) is 35.0 Å². The molecule has 1 aliphatic heterocycles. The second kappa shape index (κ2) is 6.34. The van der Waals surface area contributed by atoms with Crippen LogP contribution in [0, 0.1) is 5.92 Å². The van der Waals surface area contributed by atoms with Gasteiger partial charge in [-0.25, -0.2) is 0 Å². The van der Waals surface area contributed by atoms with Gasteiger partial charge in [0.25, 0.3) is 0 Å². The van der Waals surface area contributed by atoms with E-state index >= 15 is 0 Å². The molecule has 0 saturated carbocycles. The topological polar surface area (TPSA) is 57.6 Å². The van der Waals surface area contributed by atoms with Gasteiger partial charge in [0.05, 0.1) is 9.70 Å². The number of piperidine rings is 1. The quantitative estimate of drug-likeness (QED) is 0.858. The van der Waals surface area contributed by atoms with Crippen molar-refractivity contribution in [1.82, 2.24) is 4.90 Å². The summed E-state index contributed by atoms with van der Waals surface area (Å²) in [6.45, 7) is 0.952. The van der Waals surface area contributed by atoms with E-state index in [1.807, 2.05) is 12.1 Å². The molecular formula is C13H14BrNO3S. The minimum Gasteiger partial charge on any atom is -0.481 e. The number of hydrogen-bond acceptors (Lipinski definition) is 3. The molecule has 0 aliphatic carbocycles. The lowest BCUT2D eigenvalue weighted by Crippen LogP contribution is -2.41. The third kappa shape index (κ3) is 3.91. The SMILES string of the molecule is O=C(O)[C@H]1CCCN(C(=O)/C=C/c2ccc(Br)s2)C1. The summed E-state index contributed by atoms with van der Waals surface area (Å²) < 4.78 is 1.02. The lowest BCUT2D eigenvalue weighted by atomic mass is 9.98. The van der Waals surface area contributed by atoms with E-state index in [-0.39, 0.29) is 5.91 Å². The molecule has 6 heteroatoms. The highest BCUT2D eigenvalue weighted by Gasteiger charge is 2.27. The van der Waals surface area contributed by atoms with Crippen molar-refractivity contribution in [2.24, 2.45) is 5.92 Å². The predicted octanol–water partition coefficient (Wildman–Crippen LogP) is 2.85. The molecule has 2 heterocycles.